The molecule has 224 valence electrons. The number of aliphatic hydroxyl groups excluding tert-OH is 1. The van der Waals surface area contributed by atoms with Crippen LogP contribution in [0.25, 0.3) is 11.1 Å². The van der Waals surface area contributed by atoms with Crippen molar-refractivity contribution in [3.63, 3.8) is 0 Å². The molecule has 0 radical (unpaired) electrons. The maximum atomic E-state index is 15.0. The fourth-order valence-electron chi connectivity index (χ4n) is 5.37. The minimum Gasteiger partial charge on any atom is -0.480 e. The average Bonchev–Trinajstić information content (AvgIpc) is 3.22. The van der Waals surface area contributed by atoms with Crippen molar-refractivity contribution in [2.24, 2.45) is 11.3 Å². The number of benzene rings is 1. The van der Waals surface area contributed by atoms with Crippen molar-refractivity contribution >= 4 is 11.9 Å². The van der Waals surface area contributed by atoms with Crippen LogP contribution in [0.15, 0.2) is 36.5 Å². The number of β-amino-alcohol motifs (C(OH)–C–C–N with tert-alkyl or cyclic N) is 1. The fourth-order valence-corrected chi connectivity index (χ4v) is 5.37. The van der Waals surface area contributed by atoms with E-state index in [1.54, 1.807) is 12.1 Å². The molecule has 0 saturated carbocycles. The first kappa shape index (κ1) is 30.7. The summed E-state index contributed by atoms with van der Waals surface area (Å²) in [4.78, 5) is 31.8. The first-order valence-corrected chi connectivity index (χ1v) is 13.5. The Kier molecular flexibility index (Phi) is 8.65. The standard InChI is InChI=1S/C29H35F4N3O5/c1-27(2,29(31,32)33)17-35-10-8-18(9-11-35)16-41-24-7-5-20(14-34-24)19-4-6-22(23(30)12-19)25(38)36-15-21(37)13-28(36,3)26(39)40/h4-7,12,14,18,21,37H,8-11,13,15-17H2,1-3H3,(H,39,40)/t21-,28+/m1/s1. The van der Waals surface area contributed by atoms with Gasteiger partial charge in [0.05, 0.1) is 23.7 Å². The van der Waals surface area contributed by atoms with Crippen LogP contribution in [-0.4, -0.2) is 87.5 Å². The number of rotatable bonds is 8. The number of piperidine rings is 1. The summed E-state index contributed by atoms with van der Waals surface area (Å²) in [5.41, 5.74) is -2.67. The van der Waals surface area contributed by atoms with E-state index in [0.29, 0.717) is 36.7 Å². The molecule has 1 amide bonds. The maximum absolute atomic E-state index is 15.0. The Morgan fingerprint density at radius 2 is 1.78 bits per heavy atom. The Hall–Kier alpha value is -3.25. The highest BCUT2D eigenvalue weighted by molar-refractivity contribution is 5.99. The number of carboxylic acids is 1. The summed E-state index contributed by atoms with van der Waals surface area (Å²) in [6.07, 6.45) is -2.47. The van der Waals surface area contributed by atoms with Gasteiger partial charge in [0, 0.05) is 37.3 Å². The predicted molar refractivity (Wildman–Crippen MR) is 142 cm³/mol. The van der Waals surface area contributed by atoms with Crippen LogP contribution < -0.4 is 4.74 Å². The molecular weight excluding hydrogens is 546 g/mol. The molecule has 2 saturated heterocycles. The lowest BCUT2D eigenvalue weighted by molar-refractivity contribution is -0.217. The van der Waals surface area contributed by atoms with Crippen LogP contribution in [0.5, 0.6) is 5.88 Å². The SMILES string of the molecule is CC(C)(CN1CCC(COc2ccc(-c3ccc(C(=O)N4C[C@H](O)C[C@@]4(C)C(=O)O)c(F)c3)cn2)CC1)C(F)(F)F. The summed E-state index contributed by atoms with van der Waals surface area (Å²) in [6, 6.07) is 7.32. The Labute approximate surface area is 235 Å². The van der Waals surface area contributed by atoms with Crippen LogP contribution in [-0.2, 0) is 4.79 Å². The normalized spacial score (nSPS) is 22.6. The molecule has 1 aromatic heterocycles. The van der Waals surface area contributed by atoms with Crippen LogP contribution >= 0.6 is 0 Å². The Morgan fingerprint density at radius 3 is 2.34 bits per heavy atom. The molecular formula is C29H35F4N3O5. The molecule has 0 spiro atoms. The second kappa shape index (κ2) is 11.6. The molecule has 2 aliphatic rings. The number of aliphatic carboxylic acids is 1. The van der Waals surface area contributed by atoms with E-state index in [1.165, 1.54) is 45.2 Å². The number of carboxylic acid groups (broad SMARTS) is 1. The molecule has 0 bridgehead atoms. The second-order valence-electron chi connectivity index (χ2n) is 11.8. The van der Waals surface area contributed by atoms with Gasteiger partial charge in [-0.1, -0.05) is 6.07 Å². The van der Waals surface area contributed by atoms with Crippen LogP contribution in [0.2, 0.25) is 0 Å². The number of carbonyl (C=O) groups is 2. The number of hydrogen-bond donors (Lipinski definition) is 2. The number of ether oxygens (including phenoxy) is 1. The molecule has 2 atom stereocenters. The van der Waals surface area contributed by atoms with E-state index in [4.69, 9.17) is 4.74 Å². The summed E-state index contributed by atoms with van der Waals surface area (Å²) in [6.45, 7) is 5.04. The molecule has 0 unspecified atom stereocenters. The number of hydrogen-bond acceptors (Lipinski definition) is 6. The number of nitrogens with zero attached hydrogens (tertiary/aromatic N) is 3. The highest BCUT2D eigenvalue weighted by Gasteiger charge is 2.50. The van der Waals surface area contributed by atoms with Gasteiger partial charge in [-0.2, -0.15) is 13.2 Å². The van der Waals surface area contributed by atoms with Crippen LogP contribution in [0.4, 0.5) is 17.6 Å². The highest BCUT2D eigenvalue weighted by atomic mass is 19.4. The number of aromatic nitrogens is 1. The number of halogens is 4. The minimum atomic E-state index is -4.25. The van der Waals surface area contributed by atoms with Gasteiger partial charge in [0.15, 0.2) is 0 Å². The molecule has 2 N–H and O–H groups in total. The van der Waals surface area contributed by atoms with Gasteiger partial charge < -0.3 is 24.7 Å². The third kappa shape index (κ3) is 6.64. The molecule has 2 aromatic rings. The van der Waals surface area contributed by atoms with Gasteiger partial charge in [0.1, 0.15) is 11.4 Å². The largest absolute Gasteiger partial charge is 0.480 e. The number of aliphatic hydroxyl groups is 1. The van der Waals surface area contributed by atoms with Gasteiger partial charge in [-0.05, 0) is 76.4 Å². The summed E-state index contributed by atoms with van der Waals surface area (Å²) in [5.74, 6) is -2.36. The van der Waals surface area contributed by atoms with Gasteiger partial charge >= 0.3 is 12.1 Å². The fraction of sp³-hybridized carbons (Fsp3) is 0.552. The van der Waals surface area contributed by atoms with Crippen LogP contribution in [0.1, 0.15) is 50.4 Å². The van der Waals surface area contributed by atoms with Gasteiger partial charge in [-0.15, -0.1) is 0 Å². The van der Waals surface area contributed by atoms with Crippen molar-refractivity contribution in [3.05, 3.63) is 47.9 Å². The lowest BCUT2D eigenvalue weighted by Gasteiger charge is -2.38. The Morgan fingerprint density at radius 1 is 1.12 bits per heavy atom. The topological polar surface area (TPSA) is 103 Å². The van der Waals surface area contributed by atoms with E-state index >= 15 is 4.39 Å². The van der Waals surface area contributed by atoms with E-state index in [1.807, 2.05) is 4.90 Å². The highest BCUT2D eigenvalue weighted by Crippen LogP contribution is 2.39. The summed E-state index contributed by atoms with van der Waals surface area (Å²) >= 11 is 0. The lowest BCUT2D eigenvalue weighted by atomic mass is 9.89. The zero-order valence-corrected chi connectivity index (χ0v) is 23.2. The van der Waals surface area contributed by atoms with Crippen LogP contribution in [0, 0.1) is 17.2 Å². The monoisotopic (exact) mass is 581 g/mol. The number of carbonyl (C=O) groups excluding carboxylic acids is 1. The van der Waals surface area contributed by atoms with E-state index < -0.39 is 40.9 Å². The predicted octanol–water partition coefficient (Wildman–Crippen LogP) is 4.62. The van der Waals surface area contributed by atoms with Gasteiger partial charge in [0.2, 0.25) is 5.88 Å². The average molecular weight is 582 g/mol. The van der Waals surface area contributed by atoms with Gasteiger partial charge in [-0.25, -0.2) is 14.2 Å². The first-order chi connectivity index (χ1) is 19.1. The lowest BCUT2D eigenvalue weighted by Crippen LogP contribution is -2.50. The number of alkyl halides is 3. The third-order valence-electron chi connectivity index (χ3n) is 8.16. The maximum Gasteiger partial charge on any atom is 0.395 e. The molecule has 8 nitrogen and oxygen atoms in total. The smallest absolute Gasteiger partial charge is 0.395 e. The summed E-state index contributed by atoms with van der Waals surface area (Å²) < 4.78 is 60.4. The zero-order valence-electron chi connectivity index (χ0n) is 23.2. The van der Waals surface area contributed by atoms with E-state index in [0.717, 1.165) is 17.7 Å². The number of likely N-dealkylation sites (tertiary alicyclic amines) is 2. The first-order valence-electron chi connectivity index (χ1n) is 13.5. The molecule has 1 aromatic carbocycles. The van der Waals surface area contributed by atoms with E-state index in [-0.39, 0.29) is 31.0 Å². The number of pyridine rings is 1. The van der Waals surface area contributed by atoms with Gasteiger partial charge in [0.25, 0.3) is 5.91 Å². The molecule has 2 fully saturated rings. The van der Waals surface area contributed by atoms with Crippen molar-refractivity contribution in [1.29, 1.82) is 0 Å². The van der Waals surface area contributed by atoms with E-state index in [2.05, 4.69) is 4.98 Å². The van der Waals surface area contributed by atoms with Crippen molar-refractivity contribution in [1.82, 2.24) is 14.8 Å². The van der Waals surface area contributed by atoms with Gasteiger partial charge in [-0.3, -0.25) is 4.79 Å². The van der Waals surface area contributed by atoms with Crippen molar-refractivity contribution in [2.45, 2.75) is 57.9 Å². The number of amides is 1. The molecule has 12 heteroatoms. The second-order valence-corrected chi connectivity index (χ2v) is 11.8. The van der Waals surface area contributed by atoms with Crippen molar-refractivity contribution in [2.75, 3.05) is 32.8 Å². The molecule has 4 rings (SSSR count). The summed E-state index contributed by atoms with van der Waals surface area (Å²) in [5, 5.41) is 19.5. The van der Waals surface area contributed by atoms with Crippen LogP contribution in [0.3, 0.4) is 0 Å². The quantitative estimate of drug-likeness (QED) is 0.439. The molecule has 41 heavy (non-hydrogen) atoms. The molecule has 3 heterocycles. The Balaban J connectivity index is 1.32. The Bertz CT molecular complexity index is 1260. The van der Waals surface area contributed by atoms with E-state index in [9.17, 15) is 33.0 Å². The molecule has 2 aliphatic heterocycles. The minimum absolute atomic E-state index is 0.0358. The van der Waals surface area contributed by atoms with Crippen molar-refractivity contribution in [3.8, 4) is 17.0 Å². The zero-order chi connectivity index (χ0) is 30.2. The molecule has 0 aliphatic carbocycles. The third-order valence-corrected chi connectivity index (χ3v) is 8.16. The van der Waals surface area contributed by atoms with Crippen molar-refractivity contribution < 1.29 is 42.1 Å². The summed E-state index contributed by atoms with van der Waals surface area (Å²) in [7, 11) is 0.